The predicted octanol–water partition coefficient (Wildman–Crippen LogP) is 6.53. The second-order valence-corrected chi connectivity index (χ2v) is 10.2. The number of fused-ring (bicyclic) bond motifs is 1. The summed E-state index contributed by atoms with van der Waals surface area (Å²) in [5.74, 6) is 0.976. The Bertz CT molecular complexity index is 1040. The molecular weight excluding hydrogens is 422 g/mol. The lowest BCUT2D eigenvalue weighted by Crippen LogP contribution is -2.31. The summed E-state index contributed by atoms with van der Waals surface area (Å²) in [6.07, 6.45) is 4.12. The Morgan fingerprint density at radius 3 is 2.55 bits per heavy atom. The molecule has 0 unspecified atom stereocenters. The molecule has 0 amide bonds. The summed E-state index contributed by atoms with van der Waals surface area (Å²) < 4.78 is 3.51. The Morgan fingerprint density at radius 1 is 0.871 bits per heavy atom. The van der Waals surface area contributed by atoms with Crippen LogP contribution in [0, 0.1) is 5.92 Å². The van der Waals surface area contributed by atoms with Crippen LogP contribution >= 0.6 is 23.5 Å². The number of hydrogen-bond acceptors (Lipinski definition) is 4. The van der Waals surface area contributed by atoms with Crippen LogP contribution in [0.1, 0.15) is 24.8 Å². The van der Waals surface area contributed by atoms with Crippen molar-refractivity contribution in [2.75, 3.05) is 37.4 Å². The lowest BCUT2D eigenvalue weighted by Gasteiger charge is -2.22. The van der Waals surface area contributed by atoms with Crippen LogP contribution < -0.4 is 4.72 Å². The van der Waals surface area contributed by atoms with E-state index in [9.17, 15) is 0 Å². The fourth-order valence-electron chi connectivity index (χ4n) is 4.38. The molecule has 162 valence electrons. The van der Waals surface area contributed by atoms with Gasteiger partial charge in [0.2, 0.25) is 0 Å². The number of anilines is 1. The number of halogens is 1. The van der Waals surface area contributed by atoms with Crippen LogP contribution in [-0.2, 0) is 6.54 Å². The Hall–Kier alpha value is -1.72. The van der Waals surface area contributed by atoms with E-state index in [1.165, 1.54) is 60.1 Å². The van der Waals surface area contributed by atoms with E-state index in [1.807, 2.05) is 6.07 Å². The molecule has 0 bridgehead atoms. The van der Waals surface area contributed by atoms with E-state index in [0.717, 1.165) is 36.3 Å². The predicted molar refractivity (Wildman–Crippen MR) is 134 cm³/mol. The van der Waals surface area contributed by atoms with Gasteiger partial charge in [0.25, 0.3) is 0 Å². The third kappa shape index (κ3) is 5.75. The molecule has 1 saturated carbocycles. The number of nitrogens with one attached hydrogen (secondary N) is 1. The molecule has 1 N–H and O–H groups in total. The van der Waals surface area contributed by atoms with Crippen molar-refractivity contribution in [1.82, 2.24) is 9.80 Å². The molecule has 1 heterocycles. The van der Waals surface area contributed by atoms with Crippen molar-refractivity contribution in [2.24, 2.45) is 5.92 Å². The van der Waals surface area contributed by atoms with Crippen molar-refractivity contribution in [3.05, 3.63) is 71.2 Å². The van der Waals surface area contributed by atoms with Crippen LogP contribution in [0.3, 0.4) is 0 Å². The Labute approximate surface area is 194 Å². The van der Waals surface area contributed by atoms with Crippen molar-refractivity contribution in [2.45, 2.75) is 30.7 Å². The molecule has 2 aliphatic rings. The molecule has 5 rings (SSSR count). The topological polar surface area (TPSA) is 18.5 Å². The maximum atomic E-state index is 6.57. The van der Waals surface area contributed by atoms with Crippen molar-refractivity contribution < 1.29 is 0 Å². The van der Waals surface area contributed by atoms with Gasteiger partial charge in [-0.25, -0.2) is 0 Å². The largest absolute Gasteiger partial charge is 0.326 e. The highest BCUT2D eigenvalue weighted by Gasteiger charge is 2.25. The van der Waals surface area contributed by atoms with Gasteiger partial charge in [-0.05, 0) is 96.9 Å². The van der Waals surface area contributed by atoms with Crippen molar-refractivity contribution in [3.63, 3.8) is 0 Å². The van der Waals surface area contributed by atoms with Gasteiger partial charge in [0, 0.05) is 41.8 Å². The second kappa shape index (κ2) is 9.83. The average Bonchev–Trinajstić information content (AvgIpc) is 3.63. The Morgan fingerprint density at radius 2 is 1.68 bits per heavy atom. The minimum atomic E-state index is 0.861. The van der Waals surface area contributed by atoms with E-state index in [2.05, 4.69) is 69.1 Å². The summed E-state index contributed by atoms with van der Waals surface area (Å²) >= 11 is 8.22. The van der Waals surface area contributed by atoms with Crippen LogP contribution in [0.2, 0.25) is 5.02 Å². The molecule has 0 spiro atoms. The smallest absolute Gasteiger partial charge is 0.0452 e. The normalized spacial score (nSPS) is 18.2. The van der Waals surface area contributed by atoms with Gasteiger partial charge >= 0.3 is 0 Å². The quantitative estimate of drug-likeness (QED) is 0.411. The van der Waals surface area contributed by atoms with E-state index >= 15 is 0 Å². The number of nitrogens with zero attached hydrogens (tertiary/aromatic N) is 2. The van der Waals surface area contributed by atoms with Gasteiger partial charge in [-0.1, -0.05) is 41.9 Å². The van der Waals surface area contributed by atoms with Gasteiger partial charge in [0.15, 0.2) is 0 Å². The van der Waals surface area contributed by atoms with Crippen LogP contribution in [0.25, 0.3) is 10.8 Å². The maximum absolute atomic E-state index is 6.57. The first kappa shape index (κ1) is 21.1. The first-order valence-electron chi connectivity index (χ1n) is 11.4. The zero-order chi connectivity index (χ0) is 21.0. The molecule has 0 atom stereocenters. The molecule has 31 heavy (non-hydrogen) atoms. The average molecular weight is 452 g/mol. The molecule has 0 radical (unpaired) electrons. The fraction of sp³-hybridized carbons (Fsp3) is 0.385. The highest BCUT2D eigenvalue weighted by atomic mass is 35.5. The Kier molecular flexibility index (Phi) is 6.70. The zero-order valence-corrected chi connectivity index (χ0v) is 19.5. The molecule has 1 aliphatic heterocycles. The second-order valence-electron chi connectivity index (χ2n) is 8.89. The van der Waals surface area contributed by atoms with Gasteiger partial charge in [-0.15, -0.1) is 0 Å². The lowest BCUT2D eigenvalue weighted by atomic mass is 10.1. The van der Waals surface area contributed by atoms with Crippen LogP contribution in [-0.4, -0.2) is 42.5 Å². The third-order valence-corrected chi connectivity index (χ3v) is 7.54. The first-order chi connectivity index (χ1) is 15.2. The van der Waals surface area contributed by atoms with E-state index < -0.39 is 0 Å². The van der Waals surface area contributed by atoms with Gasteiger partial charge in [-0.3, -0.25) is 4.90 Å². The molecule has 3 nitrogen and oxygen atoms in total. The monoisotopic (exact) mass is 451 g/mol. The van der Waals surface area contributed by atoms with Gasteiger partial charge in [0.05, 0.1) is 0 Å². The third-order valence-electron chi connectivity index (χ3n) is 6.34. The maximum Gasteiger partial charge on any atom is 0.0452 e. The van der Waals surface area contributed by atoms with Gasteiger partial charge < -0.3 is 9.62 Å². The SMILES string of the molecule is Clc1ccc(NSc2ccc3ccccc3c2)cc1CN1CCCN(CC2CC2)CC1. The summed E-state index contributed by atoms with van der Waals surface area (Å²) in [6, 6.07) is 21.4. The molecule has 1 aliphatic carbocycles. The molecule has 2 fully saturated rings. The molecule has 3 aromatic carbocycles. The van der Waals surface area contributed by atoms with Crippen LogP contribution in [0.5, 0.6) is 0 Å². The Balaban J connectivity index is 1.20. The fourth-order valence-corrected chi connectivity index (χ4v) is 5.24. The highest BCUT2D eigenvalue weighted by molar-refractivity contribution is 8.00. The summed E-state index contributed by atoms with van der Waals surface area (Å²) in [7, 11) is 0. The number of rotatable bonds is 7. The van der Waals surface area contributed by atoms with E-state index in [0.29, 0.717) is 0 Å². The summed E-state index contributed by atoms with van der Waals surface area (Å²) in [5, 5.41) is 3.40. The summed E-state index contributed by atoms with van der Waals surface area (Å²) in [5.41, 5.74) is 2.31. The van der Waals surface area contributed by atoms with E-state index in [4.69, 9.17) is 11.6 Å². The van der Waals surface area contributed by atoms with E-state index in [1.54, 1.807) is 11.9 Å². The van der Waals surface area contributed by atoms with Gasteiger partial charge in [-0.2, -0.15) is 0 Å². The molecular formula is C26H30ClN3S. The summed E-state index contributed by atoms with van der Waals surface area (Å²) in [6.45, 7) is 6.94. The van der Waals surface area contributed by atoms with Crippen molar-refractivity contribution in [3.8, 4) is 0 Å². The zero-order valence-electron chi connectivity index (χ0n) is 17.9. The molecule has 1 saturated heterocycles. The molecule has 3 aromatic rings. The van der Waals surface area contributed by atoms with Gasteiger partial charge in [0.1, 0.15) is 0 Å². The first-order valence-corrected chi connectivity index (χ1v) is 12.6. The van der Waals surface area contributed by atoms with E-state index in [-0.39, 0.29) is 0 Å². The van der Waals surface area contributed by atoms with Crippen molar-refractivity contribution >= 4 is 40.0 Å². The minimum Gasteiger partial charge on any atom is -0.326 e. The lowest BCUT2D eigenvalue weighted by molar-refractivity contribution is 0.246. The van der Waals surface area contributed by atoms with Crippen molar-refractivity contribution in [1.29, 1.82) is 0 Å². The van der Waals surface area contributed by atoms with Crippen LogP contribution in [0.4, 0.5) is 5.69 Å². The highest BCUT2D eigenvalue weighted by Crippen LogP contribution is 2.30. The number of benzene rings is 3. The molecule has 5 heteroatoms. The minimum absolute atomic E-state index is 0.861. The molecule has 0 aromatic heterocycles. The standard InChI is InChI=1S/C26H30ClN3S/c27-26-11-9-24(28-31-25-10-8-21-4-1-2-5-22(21)17-25)16-23(26)19-30-13-3-12-29(14-15-30)18-20-6-7-20/h1-2,4-5,8-11,16-17,20,28H,3,6-7,12-15,18-19H2. The summed E-state index contributed by atoms with van der Waals surface area (Å²) in [4.78, 5) is 6.43. The number of hydrogen-bond donors (Lipinski definition) is 1. The van der Waals surface area contributed by atoms with Crippen LogP contribution in [0.15, 0.2) is 65.6 Å².